The third kappa shape index (κ3) is 7.77. The molecule has 1 heterocycles. The predicted molar refractivity (Wildman–Crippen MR) is 101 cm³/mol. The molecule has 1 aromatic heterocycles. The van der Waals surface area contributed by atoms with Gasteiger partial charge in [-0.2, -0.15) is 13.2 Å². The molecule has 2 amide bonds. The lowest BCUT2D eigenvalue weighted by atomic mass is 10.1. The average molecular weight is 463 g/mol. The van der Waals surface area contributed by atoms with Gasteiger partial charge in [-0.05, 0) is 18.2 Å². The third-order valence-corrected chi connectivity index (χ3v) is 3.75. The van der Waals surface area contributed by atoms with Crippen LogP contribution in [0.4, 0.5) is 17.6 Å². The number of hydrogen-bond donors (Lipinski definition) is 3. The van der Waals surface area contributed by atoms with Crippen LogP contribution in [0.25, 0.3) is 5.69 Å². The van der Waals surface area contributed by atoms with Crippen LogP contribution in [0.5, 0.6) is 5.75 Å². The van der Waals surface area contributed by atoms with Crippen molar-refractivity contribution in [1.29, 1.82) is 0 Å². The first kappa shape index (κ1) is 25.0. The van der Waals surface area contributed by atoms with E-state index in [9.17, 15) is 27.2 Å². The topological polar surface area (TPSA) is 128 Å². The molecular formula is C18H21F4N5O5. The number of aliphatic hydroxyl groups is 1. The smallest absolute Gasteiger partial charge is 0.405 e. The summed E-state index contributed by atoms with van der Waals surface area (Å²) in [5, 5.41) is 20.5. The van der Waals surface area contributed by atoms with Gasteiger partial charge < -0.3 is 25.2 Å². The Hall–Kier alpha value is -3.26. The van der Waals surface area contributed by atoms with Crippen LogP contribution in [-0.2, 0) is 4.74 Å². The first-order chi connectivity index (χ1) is 15.2. The van der Waals surface area contributed by atoms with E-state index in [0.717, 1.165) is 0 Å². The van der Waals surface area contributed by atoms with E-state index in [2.05, 4.69) is 15.6 Å². The number of nitrogens with one attached hydrogen (secondary N) is 2. The number of benzene rings is 1. The van der Waals surface area contributed by atoms with Gasteiger partial charge in [-0.15, -0.1) is 5.10 Å². The lowest BCUT2D eigenvalue weighted by Crippen LogP contribution is -2.33. The number of aliphatic hydroxyl groups excluding tert-OH is 1. The predicted octanol–water partition coefficient (Wildman–Crippen LogP) is 0.646. The molecule has 176 valence electrons. The van der Waals surface area contributed by atoms with Crippen LogP contribution >= 0.6 is 0 Å². The lowest BCUT2D eigenvalue weighted by Gasteiger charge is -2.14. The largest absolute Gasteiger partial charge is 0.489 e. The maximum atomic E-state index is 12.4. The summed E-state index contributed by atoms with van der Waals surface area (Å²) in [7, 11) is 0. The van der Waals surface area contributed by atoms with Gasteiger partial charge in [0.1, 0.15) is 31.3 Å². The minimum atomic E-state index is -4.57. The van der Waals surface area contributed by atoms with E-state index < -0.39 is 31.2 Å². The molecule has 0 fully saturated rings. The zero-order chi connectivity index (χ0) is 23.6. The summed E-state index contributed by atoms with van der Waals surface area (Å²) >= 11 is 0. The Morgan fingerprint density at radius 2 is 1.91 bits per heavy atom. The highest BCUT2D eigenvalue weighted by Crippen LogP contribution is 2.25. The number of hydrogen-bond acceptors (Lipinski definition) is 7. The Labute approximate surface area is 179 Å². The fourth-order valence-electron chi connectivity index (χ4n) is 2.36. The van der Waals surface area contributed by atoms with E-state index in [1.807, 2.05) is 0 Å². The molecule has 2 rings (SSSR count). The monoisotopic (exact) mass is 463 g/mol. The van der Waals surface area contributed by atoms with Crippen molar-refractivity contribution in [3.63, 3.8) is 0 Å². The highest BCUT2D eigenvalue weighted by molar-refractivity contribution is 5.95. The fourth-order valence-corrected chi connectivity index (χ4v) is 2.36. The minimum absolute atomic E-state index is 0.0139. The summed E-state index contributed by atoms with van der Waals surface area (Å²) < 4.78 is 60.9. The molecule has 0 spiro atoms. The molecule has 1 aromatic carbocycles. The number of aromatic nitrogens is 3. The highest BCUT2D eigenvalue weighted by atomic mass is 19.4. The molecule has 2 aromatic rings. The summed E-state index contributed by atoms with van der Waals surface area (Å²) in [5.41, 5.74) is 0.0537. The summed E-state index contributed by atoms with van der Waals surface area (Å²) in [4.78, 5) is 24.0. The second-order valence-electron chi connectivity index (χ2n) is 6.16. The SMILES string of the molecule is O=C(NCC(F)(F)F)c1ccc(-n2cc(C(=O)NCCO)nn2)c(OCCOCCF)c1. The van der Waals surface area contributed by atoms with Gasteiger partial charge in [0.25, 0.3) is 11.8 Å². The number of alkyl halides is 4. The van der Waals surface area contributed by atoms with Crippen LogP contribution in [0, 0.1) is 0 Å². The molecule has 0 radical (unpaired) electrons. The molecule has 0 saturated carbocycles. The van der Waals surface area contributed by atoms with Gasteiger partial charge in [0.2, 0.25) is 0 Å². The Morgan fingerprint density at radius 1 is 1.12 bits per heavy atom. The van der Waals surface area contributed by atoms with Crippen LogP contribution in [-0.4, -0.2) is 84.3 Å². The van der Waals surface area contributed by atoms with Crippen molar-refractivity contribution in [3.05, 3.63) is 35.7 Å². The van der Waals surface area contributed by atoms with E-state index in [-0.39, 0.29) is 55.7 Å². The molecule has 0 aliphatic heterocycles. The quantitative estimate of drug-likeness (QED) is 0.312. The van der Waals surface area contributed by atoms with Crippen molar-refractivity contribution >= 4 is 11.8 Å². The molecule has 3 N–H and O–H groups in total. The lowest BCUT2D eigenvalue weighted by molar-refractivity contribution is -0.123. The summed E-state index contributed by atoms with van der Waals surface area (Å²) in [6.07, 6.45) is -3.31. The number of ether oxygens (including phenoxy) is 2. The molecule has 0 atom stereocenters. The molecule has 14 heteroatoms. The van der Waals surface area contributed by atoms with Gasteiger partial charge >= 0.3 is 6.18 Å². The van der Waals surface area contributed by atoms with Crippen LogP contribution in [0.3, 0.4) is 0 Å². The molecule has 0 saturated heterocycles. The van der Waals surface area contributed by atoms with E-state index in [1.54, 1.807) is 5.32 Å². The molecular weight excluding hydrogens is 442 g/mol. The molecule has 0 unspecified atom stereocenters. The molecule has 0 bridgehead atoms. The van der Waals surface area contributed by atoms with Crippen LogP contribution < -0.4 is 15.4 Å². The maximum absolute atomic E-state index is 12.4. The Bertz CT molecular complexity index is 906. The highest BCUT2D eigenvalue weighted by Gasteiger charge is 2.28. The Kier molecular flexibility index (Phi) is 9.34. The summed E-state index contributed by atoms with van der Waals surface area (Å²) in [6.45, 7) is -2.61. The van der Waals surface area contributed by atoms with Gasteiger partial charge in [-0.3, -0.25) is 9.59 Å². The van der Waals surface area contributed by atoms with Crippen molar-refractivity contribution < 1.29 is 41.7 Å². The first-order valence-electron chi connectivity index (χ1n) is 9.32. The molecule has 0 aliphatic carbocycles. The maximum Gasteiger partial charge on any atom is 0.405 e. The van der Waals surface area contributed by atoms with Crippen LogP contribution in [0.15, 0.2) is 24.4 Å². The van der Waals surface area contributed by atoms with Gasteiger partial charge in [0, 0.05) is 12.1 Å². The first-order valence-corrected chi connectivity index (χ1v) is 9.32. The van der Waals surface area contributed by atoms with Crippen molar-refractivity contribution in [2.75, 3.05) is 46.2 Å². The number of carbonyl (C=O) groups excluding carboxylic acids is 2. The van der Waals surface area contributed by atoms with E-state index >= 15 is 0 Å². The van der Waals surface area contributed by atoms with Gasteiger partial charge in [-0.1, -0.05) is 5.21 Å². The van der Waals surface area contributed by atoms with Crippen molar-refractivity contribution in [3.8, 4) is 11.4 Å². The van der Waals surface area contributed by atoms with E-state index in [4.69, 9.17) is 14.6 Å². The second kappa shape index (κ2) is 12.0. The summed E-state index contributed by atoms with van der Waals surface area (Å²) in [5.74, 6) is -1.52. The molecule has 0 aliphatic rings. The Morgan fingerprint density at radius 3 is 2.59 bits per heavy atom. The fraction of sp³-hybridized carbons (Fsp3) is 0.444. The standard InChI is InChI=1S/C18H21F4N5O5/c19-3-6-31-7-8-32-15-9-12(16(29)24-11-18(20,21)22)1-2-14(15)27-10-13(25-26-27)17(30)23-4-5-28/h1-2,9-10,28H,3-8,11H2,(H,23,30)(H,24,29). The number of amides is 2. The Balaban J connectivity index is 2.23. The second-order valence-corrected chi connectivity index (χ2v) is 6.16. The number of carbonyl (C=O) groups is 2. The van der Waals surface area contributed by atoms with E-state index in [0.29, 0.717) is 0 Å². The van der Waals surface area contributed by atoms with Crippen LogP contribution in [0.1, 0.15) is 20.8 Å². The minimum Gasteiger partial charge on any atom is -0.489 e. The van der Waals surface area contributed by atoms with Gasteiger partial charge in [0.05, 0.1) is 26.0 Å². The molecule has 32 heavy (non-hydrogen) atoms. The number of rotatable bonds is 12. The zero-order valence-electron chi connectivity index (χ0n) is 16.7. The molecule has 10 nitrogen and oxygen atoms in total. The summed E-state index contributed by atoms with van der Waals surface area (Å²) in [6, 6.07) is 3.80. The van der Waals surface area contributed by atoms with Crippen LogP contribution in [0.2, 0.25) is 0 Å². The van der Waals surface area contributed by atoms with E-state index in [1.165, 1.54) is 29.1 Å². The van der Waals surface area contributed by atoms with Crippen molar-refractivity contribution in [2.24, 2.45) is 0 Å². The van der Waals surface area contributed by atoms with Crippen molar-refractivity contribution in [1.82, 2.24) is 25.6 Å². The number of nitrogens with zero attached hydrogens (tertiary/aromatic N) is 3. The van der Waals surface area contributed by atoms with Gasteiger partial charge in [0.15, 0.2) is 5.69 Å². The van der Waals surface area contributed by atoms with Gasteiger partial charge in [-0.25, -0.2) is 9.07 Å². The third-order valence-electron chi connectivity index (χ3n) is 3.75. The zero-order valence-corrected chi connectivity index (χ0v) is 16.7. The average Bonchev–Trinajstić information content (AvgIpc) is 3.25. The normalized spacial score (nSPS) is 11.3. The van der Waals surface area contributed by atoms with Crippen molar-refractivity contribution in [2.45, 2.75) is 6.18 Å². The number of halogens is 4.